The van der Waals surface area contributed by atoms with E-state index < -0.39 is 23.8 Å². The van der Waals surface area contributed by atoms with Gasteiger partial charge in [-0.3, -0.25) is 9.59 Å². The van der Waals surface area contributed by atoms with Gasteiger partial charge in [0.1, 0.15) is 11.8 Å². The zero-order valence-electron chi connectivity index (χ0n) is 14.4. The van der Waals surface area contributed by atoms with E-state index in [2.05, 4.69) is 10.6 Å². The first-order valence-electron chi connectivity index (χ1n) is 7.69. The number of carboxylic acid groups (broad SMARTS) is 1. The summed E-state index contributed by atoms with van der Waals surface area (Å²) in [7, 11) is 1.51. The lowest BCUT2D eigenvalue weighted by Gasteiger charge is -2.16. The smallest absolute Gasteiger partial charge is 0.326 e. The van der Waals surface area contributed by atoms with Gasteiger partial charge in [0.05, 0.1) is 13.7 Å². The van der Waals surface area contributed by atoms with Crippen LogP contribution in [-0.2, 0) is 9.59 Å². The number of amides is 2. The normalized spacial score (nSPS) is 11.7. The second-order valence-corrected chi connectivity index (χ2v) is 5.95. The molecule has 0 spiro atoms. The predicted molar refractivity (Wildman–Crippen MR) is 89.1 cm³/mol. The molecule has 0 aliphatic heterocycles. The minimum absolute atomic E-state index is 0.126. The number of aryl methyl sites for hydroxylation is 1. The van der Waals surface area contributed by atoms with E-state index in [1.54, 1.807) is 18.2 Å². The van der Waals surface area contributed by atoms with Crippen molar-refractivity contribution < 1.29 is 24.2 Å². The molecule has 1 atom stereocenters. The molecule has 0 radical (unpaired) electrons. The standard InChI is InChI=1S/C17H24N2O5/c1-10(2)7-13(17(22)23)19-15(20)9-18-16(21)12-6-5-11(3)14(8-12)24-4/h5-6,8,10,13H,7,9H2,1-4H3,(H,18,21)(H,19,20)(H,22,23)/t13-/m0/s1. The molecule has 2 amide bonds. The van der Waals surface area contributed by atoms with Crippen LogP contribution in [0.4, 0.5) is 0 Å². The maximum absolute atomic E-state index is 12.1. The van der Waals surface area contributed by atoms with Crippen LogP contribution in [-0.4, -0.2) is 42.6 Å². The van der Waals surface area contributed by atoms with E-state index in [0.29, 0.717) is 17.7 Å². The molecule has 0 aliphatic rings. The SMILES string of the molecule is COc1cc(C(=O)NCC(=O)N[C@@H](CC(C)C)C(=O)O)ccc1C. The highest BCUT2D eigenvalue weighted by Crippen LogP contribution is 2.18. The molecule has 1 rings (SSSR count). The summed E-state index contributed by atoms with van der Waals surface area (Å²) in [6, 6.07) is 4.00. The monoisotopic (exact) mass is 336 g/mol. The molecule has 0 saturated carbocycles. The summed E-state index contributed by atoms with van der Waals surface area (Å²) >= 11 is 0. The molecule has 7 heteroatoms. The zero-order chi connectivity index (χ0) is 18.3. The van der Waals surface area contributed by atoms with Gasteiger partial charge in [-0.15, -0.1) is 0 Å². The van der Waals surface area contributed by atoms with E-state index in [1.165, 1.54) is 7.11 Å². The minimum atomic E-state index is -1.09. The van der Waals surface area contributed by atoms with E-state index in [1.807, 2.05) is 20.8 Å². The second-order valence-electron chi connectivity index (χ2n) is 5.95. The molecular formula is C17H24N2O5. The van der Waals surface area contributed by atoms with Crippen LogP contribution >= 0.6 is 0 Å². The van der Waals surface area contributed by atoms with Crippen LogP contribution in [0.1, 0.15) is 36.2 Å². The number of nitrogens with one attached hydrogen (secondary N) is 2. The second kappa shape index (κ2) is 8.90. The van der Waals surface area contributed by atoms with Gasteiger partial charge >= 0.3 is 5.97 Å². The van der Waals surface area contributed by atoms with E-state index in [0.717, 1.165) is 5.56 Å². The highest BCUT2D eigenvalue weighted by Gasteiger charge is 2.21. The number of carbonyl (C=O) groups is 3. The number of aliphatic carboxylic acids is 1. The van der Waals surface area contributed by atoms with Crippen molar-refractivity contribution in [1.29, 1.82) is 0 Å². The third-order valence-electron chi connectivity index (χ3n) is 3.42. The van der Waals surface area contributed by atoms with Crippen molar-refractivity contribution in [2.45, 2.75) is 33.2 Å². The molecule has 24 heavy (non-hydrogen) atoms. The average molecular weight is 336 g/mol. The van der Waals surface area contributed by atoms with Gasteiger partial charge in [-0.1, -0.05) is 19.9 Å². The fourth-order valence-corrected chi connectivity index (χ4v) is 2.16. The lowest BCUT2D eigenvalue weighted by atomic mass is 10.0. The van der Waals surface area contributed by atoms with Crippen molar-refractivity contribution in [1.82, 2.24) is 10.6 Å². The van der Waals surface area contributed by atoms with Crippen LogP contribution in [0.25, 0.3) is 0 Å². The first-order valence-corrected chi connectivity index (χ1v) is 7.69. The molecule has 0 saturated heterocycles. The third kappa shape index (κ3) is 5.91. The minimum Gasteiger partial charge on any atom is -0.496 e. The van der Waals surface area contributed by atoms with E-state index in [4.69, 9.17) is 9.84 Å². The Hall–Kier alpha value is -2.57. The number of ether oxygens (including phenoxy) is 1. The maximum atomic E-state index is 12.1. The Balaban J connectivity index is 2.60. The van der Waals surface area contributed by atoms with E-state index in [-0.39, 0.29) is 12.5 Å². The molecule has 0 aromatic heterocycles. The van der Waals surface area contributed by atoms with Gasteiger partial charge in [0.15, 0.2) is 0 Å². The first kappa shape index (κ1) is 19.5. The van der Waals surface area contributed by atoms with Gasteiger partial charge in [0.25, 0.3) is 5.91 Å². The van der Waals surface area contributed by atoms with Crippen molar-refractivity contribution in [2.75, 3.05) is 13.7 Å². The molecule has 0 unspecified atom stereocenters. The Kier molecular flexibility index (Phi) is 7.23. The molecule has 0 aliphatic carbocycles. The number of hydrogen-bond donors (Lipinski definition) is 3. The Bertz CT molecular complexity index is 613. The highest BCUT2D eigenvalue weighted by molar-refractivity contribution is 5.97. The van der Waals surface area contributed by atoms with Crippen LogP contribution < -0.4 is 15.4 Å². The number of benzene rings is 1. The summed E-state index contributed by atoms with van der Waals surface area (Å²) in [5.74, 6) is -1.36. The molecule has 3 N–H and O–H groups in total. The van der Waals surface area contributed by atoms with Crippen LogP contribution in [0.2, 0.25) is 0 Å². The van der Waals surface area contributed by atoms with Gasteiger partial charge < -0.3 is 20.5 Å². The molecule has 0 bridgehead atoms. The molecule has 7 nitrogen and oxygen atoms in total. The molecule has 1 aromatic rings. The van der Waals surface area contributed by atoms with Gasteiger partial charge in [-0.25, -0.2) is 4.79 Å². The van der Waals surface area contributed by atoms with Crippen molar-refractivity contribution in [3.05, 3.63) is 29.3 Å². The fourth-order valence-electron chi connectivity index (χ4n) is 2.16. The number of hydrogen-bond acceptors (Lipinski definition) is 4. The predicted octanol–water partition coefficient (Wildman–Crippen LogP) is 1.35. The first-order chi connectivity index (χ1) is 11.2. The Morgan fingerprint density at radius 3 is 2.46 bits per heavy atom. The topological polar surface area (TPSA) is 105 Å². The van der Waals surface area contributed by atoms with Gasteiger partial charge in [-0.05, 0) is 37.0 Å². The summed E-state index contributed by atoms with van der Waals surface area (Å²) in [5.41, 5.74) is 1.26. The maximum Gasteiger partial charge on any atom is 0.326 e. The lowest BCUT2D eigenvalue weighted by Crippen LogP contribution is -2.46. The quantitative estimate of drug-likeness (QED) is 0.665. The molecule has 0 fully saturated rings. The summed E-state index contributed by atoms with van der Waals surface area (Å²) in [5, 5.41) is 14.0. The molecule has 1 aromatic carbocycles. The largest absolute Gasteiger partial charge is 0.496 e. The van der Waals surface area contributed by atoms with Gasteiger partial charge in [0.2, 0.25) is 5.91 Å². The van der Waals surface area contributed by atoms with Crippen LogP contribution in [0.3, 0.4) is 0 Å². The lowest BCUT2D eigenvalue weighted by molar-refractivity contribution is -0.142. The summed E-state index contributed by atoms with van der Waals surface area (Å²) in [4.78, 5) is 35.0. The number of rotatable bonds is 8. The number of carboxylic acids is 1. The Morgan fingerprint density at radius 2 is 1.92 bits per heavy atom. The molecule has 0 heterocycles. The zero-order valence-corrected chi connectivity index (χ0v) is 14.4. The van der Waals surface area contributed by atoms with Gasteiger partial charge in [0, 0.05) is 5.56 Å². The van der Waals surface area contributed by atoms with Gasteiger partial charge in [-0.2, -0.15) is 0 Å². The Morgan fingerprint density at radius 1 is 1.25 bits per heavy atom. The van der Waals surface area contributed by atoms with E-state index >= 15 is 0 Å². The average Bonchev–Trinajstić information content (AvgIpc) is 2.51. The van der Waals surface area contributed by atoms with Crippen LogP contribution in [0, 0.1) is 12.8 Å². The number of methoxy groups -OCH3 is 1. The van der Waals surface area contributed by atoms with Crippen molar-refractivity contribution in [3.63, 3.8) is 0 Å². The summed E-state index contributed by atoms with van der Waals surface area (Å²) in [6.45, 7) is 5.30. The Labute approximate surface area is 141 Å². The highest BCUT2D eigenvalue weighted by atomic mass is 16.5. The van der Waals surface area contributed by atoms with Crippen molar-refractivity contribution in [2.24, 2.45) is 5.92 Å². The molecular weight excluding hydrogens is 312 g/mol. The van der Waals surface area contributed by atoms with Crippen LogP contribution in [0.5, 0.6) is 5.75 Å². The number of carbonyl (C=O) groups excluding carboxylic acids is 2. The van der Waals surface area contributed by atoms with Crippen molar-refractivity contribution >= 4 is 17.8 Å². The summed E-state index contributed by atoms with van der Waals surface area (Å²) in [6.07, 6.45) is 0.324. The fraction of sp³-hybridized carbons (Fsp3) is 0.471. The summed E-state index contributed by atoms with van der Waals surface area (Å²) < 4.78 is 5.15. The molecule has 132 valence electrons. The van der Waals surface area contributed by atoms with E-state index in [9.17, 15) is 14.4 Å². The van der Waals surface area contributed by atoms with Crippen LogP contribution in [0.15, 0.2) is 18.2 Å². The third-order valence-corrected chi connectivity index (χ3v) is 3.42. The van der Waals surface area contributed by atoms with Crippen molar-refractivity contribution in [3.8, 4) is 5.75 Å².